The molecule has 0 bridgehead atoms. The van der Waals surface area contributed by atoms with Crippen LogP contribution in [0, 0.1) is 5.92 Å². The van der Waals surface area contributed by atoms with Gasteiger partial charge in [0.25, 0.3) is 0 Å². The Morgan fingerprint density at radius 3 is 3.00 bits per heavy atom. The zero-order valence-electron chi connectivity index (χ0n) is 13.2. The van der Waals surface area contributed by atoms with Gasteiger partial charge in [0.2, 0.25) is 0 Å². The highest BCUT2D eigenvalue weighted by atomic mass is 16.5. The van der Waals surface area contributed by atoms with Crippen molar-refractivity contribution in [3.05, 3.63) is 41.1 Å². The lowest BCUT2D eigenvalue weighted by Gasteiger charge is -2.28. The number of methoxy groups -OCH3 is 1. The summed E-state index contributed by atoms with van der Waals surface area (Å²) in [4.78, 5) is 18.7. The SMILES string of the molecule is COC(=O)C1CN2N=CN=C(N3CCc4ccccc43)C2=C1C. The van der Waals surface area contributed by atoms with Crippen LogP contribution in [0.15, 0.2) is 45.6 Å². The summed E-state index contributed by atoms with van der Waals surface area (Å²) in [5.41, 5.74) is 4.41. The van der Waals surface area contributed by atoms with Crippen molar-refractivity contribution in [3.63, 3.8) is 0 Å². The second-order valence-electron chi connectivity index (χ2n) is 5.90. The Morgan fingerprint density at radius 2 is 2.17 bits per heavy atom. The molecule has 1 unspecified atom stereocenters. The zero-order chi connectivity index (χ0) is 16.0. The molecule has 0 radical (unpaired) electrons. The minimum atomic E-state index is -0.284. The van der Waals surface area contributed by atoms with E-state index in [0.29, 0.717) is 6.54 Å². The minimum absolute atomic E-state index is 0.222. The van der Waals surface area contributed by atoms with Crippen molar-refractivity contribution >= 4 is 23.8 Å². The van der Waals surface area contributed by atoms with Gasteiger partial charge in [-0.25, -0.2) is 4.99 Å². The Morgan fingerprint density at radius 1 is 1.35 bits per heavy atom. The number of carbonyl (C=O) groups is 1. The van der Waals surface area contributed by atoms with E-state index in [-0.39, 0.29) is 11.9 Å². The molecule has 0 saturated carbocycles. The fourth-order valence-corrected chi connectivity index (χ4v) is 3.52. The van der Waals surface area contributed by atoms with E-state index >= 15 is 0 Å². The molecule has 0 fully saturated rings. The number of anilines is 1. The van der Waals surface area contributed by atoms with Crippen molar-refractivity contribution < 1.29 is 9.53 Å². The van der Waals surface area contributed by atoms with Gasteiger partial charge >= 0.3 is 5.97 Å². The van der Waals surface area contributed by atoms with Crippen LogP contribution >= 0.6 is 0 Å². The van der Waals surface area contributed by atoms with Gasteiger partial charge in [-0.1, -0.05) is 18.2 Å². The zero-order valence-corrected chi connectivity index (χ0v) is 13.2. The van der Waals surface area contributed by atoms with E-state index in [1.807, 2.05) is 18.0 Å². The van der Waals surface area contributed by atoms with E-state index in [4.69, 9.17) is 4.74 Å². The smallest absolute Gasteiger partial charge is 0.314 e. The molecule has 4 rings (SSSR count). The summed E-state index contributed by atoms with van der Waals surface area (Å²) < 4.78 is 4.92. The summed E-state index contributed by atoms with van der Waals surface area (Å²) in [6, 6.07) is 8.37. The third-order valence-corrected chi connectivity index (χ3v) is 4.72. The number of ether oxygens (including phenoxy) is 1. The maximum absolute atomic E-state index is 12.0. The number of hydrazone groups is 1. The molecule has 3 aliphatic rings. The number of hydrogen-bond donors (Lipinski definition) is 0. The Bertz CT molecular complexity index is 766. The summed E-state index contributed by atoms with van der Waals surface area (Å²) in [5, 5.41) is 6.18. The molecular formula is C17H18N4O2. The lowest BCUT2D eigenvalue weighted by Crippen LogP contribution is -2.37. The first-order chi connectivity index (χ1) is 11.2. The van der Waals surface area contributed by atoms with Crippen LogP contribution in [0.3, 0.4) is 0 Å². The number of fused-ring (bicyclic) bond motifs is 2. The summed E-state index contributed by atoms with van der Waals surface area (Å²) in [6.45, 7) is 3.37. The lowest BCUT2D eigenvalue weighted by atomic mass is 10.0. The molecule has 1 atom stereocenters. The molecule has 6 heteroatoms. The topological polar surface area (TPSA) is 57.5 Å². The number of rotatable bonds is 1. The van der Waals surface area contributed by atoms with Gasteiger partial charge in [-0.2, -0.15) is 5.10 Å². The molecule has 23 heavy (non-hydrogen) atoms. The molecule has 0 saturated heterocycles. The van der Waals surface area contributed by atoms with Crippen LogP contribution in [0.25, 0.3) is 0 Å². The molecule has 0 amide bonds. The monoisotopic (exact) mass is 310 g/mol. The van der Waals surface area contributed by atoms with E-state index in [2.05, 4.69) is 33.2 Å². The second kappa shape index (κ2) is 5.22. The highest BCUT2D eigenvalue weighted by Crippen LogP contribution is 2.36. The summed E-state index contributed by atoms with van der Waals surface area (Å²) in [5.74, 6) is 0.364. The number of benzene rings is 1. The number of esters is 1. The summed E-state index contributed by atoms with van der Waals surface area (Å²) in [6.07, 6.45) is 2.56. The molecular weight excluding hydrogens is 292 g/mol. The standard InChI is InChI=1S/C17H18N4O2/c1-11-13(17(22)23-2)9-21-15(11)16(18-10-19-21)20-8-7-12-5-3-4-6-14(12)20/h3-6,10,13H,7-9H2,1-2H3. The van der Waals surface area contributed by atoms with Crippen molar-refractivity contribution in [2.45, 2.75) is 13.3 Å². The van der Waals surface area contributed by atoms with Gasteiger partial charge in [-0.15, -0.1) is 0 Å². The predicted octanol–water partition coefficient (Wildman–Crippen LogP) is 1.78. The Kier molecular flexibility index (Phi) is 3.18. The van der Waals surface area contributed by atoms with Crippen LogP contribution in [0.4, 0.5) is 5.69 Å². The van der Waals surface area contributed by atoms with Gasteiger partial charge in [0.05, 0.1) is 19.6 Å². The molecule has 3 heterocycles. The number of amidine groups is 1. The number of aliphatic imine (C=N–C) groups is 1. The summed E-state index contributed by atoms with van der Waals surface area (Å²) in [7, 11) is 1.42. The van der Waals surface area contributed by atoms with Crippen LogP contribution in [-0.2, 0) is 16.0 Å². The first kappa shape index (κ1) is 14.0. The number of carbonyl (C=O) groups excluding carboxylic acids is 1. The van der Waals surface area contributed by atoms with Gasteiger partial charge in [0, 0.05) is 12.2 Å². The normalized spacial score (nSPS) is 22.2. The largest absolute Gasteiger partial charge is 0.469 e. The maximum Gasteiger partial charge on any atom is 0.314 e. The van der Waals surface area contributed by atoms with Gasteiger partial charge in [-0.3, -0.25) is 9.80 Å². The van der Waals surface area contributed by atoms with Crippen LogP contribution < -0.4 is 4.90 Å². The average Bonchev–Trinajstić information content (AvgIpc) is 3.16. The van der Waals surface area contributed by atoms with Crippen molar-refractivity contribution in [3.8, 4) is 0 Å². The van der Waals surface area contributed by atoms with Crippen LogP contribution in [0.2, 0.25) is 0 Å². The Hall–Kier alpha value is -2.63. The fraction of sp³-hybridized carbons (Fsp3) is 0.353. The number of para-hydroxylation sites is 1. The lowest BCUT2D eigenvalue weighted by molar-refractivity contribution is -0.144. The van der Waals surface area contributed by atoms with Crippen LogP contribution in [0.1, 0.15) is 12.5 Å². The first-order valence-electron chi connectivity index (χ1n) is 7.73. The van der Waals surface area contributed by atoms with Gasteiger partial charge in [0.15, 0.2) is 5.84 Å². The van der Waals surface area contributed by atoms with Crippen molar-refractivity contribution in [2.24, 2.45) is 16.0 Å². The van der Waals surface area contributed by atoms with E-state index < -0.39 is 0 Å². The van der Waals surface area contributed by atoms with Gasteiger partial charge < -0.3 is 9.64 Å². The highest BCUT2D eigenvalue weighted by molar-refractivity contribution is 6.14. The fourth-order valence-electron chi connectivity index (χ4n) is 3.52. The Labute approximate surface area is 134 Å². The molecule has 118 valence electrons. The number of hydrogen-bond acceptors (Lipinski definition) is 6. The first-order valence-corrected chi connectivity index (χ1v) is 7.73. The molecule has 0 aromatic heterocycles. The predicted molar refractivity (Wildman–Crippen MR) is 88.3 cm³/mol. The third kappa shape index (κ3) is 2.05. The molecule has 0 N–H and O–H groups in total. The van der Waals surface area contributed by atoms with Crippen LogP contribution in [0.5, 0.6) is 0 Å². The maximum atomic E-state index is 12.0. The second-order valence-corrected chi connectivity index (χ2v) is 5.90. The summed E-state index contributed by atoms with van der Waals surface area (Å²) >= 11 is 0. The highest BCUT2D eigenvalue weighted by Gasteiger charge is 2.40. The van der Waals surface area contributed by atoms with E-state index in [1.54, 1.807) is 6.34 Å². The van der Waals surface area contributed by atoms with E-state index in [1.165, 1.54) is 18.4 Å². The van der Waals surface area contributed by atoms with Gasteiger partial charge in [-0.05, 0) is 30.5 Å². The van der Waals surface area contributed by atoms with E-state index in [0.717, 1.165) is 30.1 Å². The molecule has 0 aliphatic carbocycles. The minimum Gasteiger partial charge on any atom is -0.469 e. The van der Waals surface area contributed by atoms with E-state index in [9.17, 15) is 4.79 Å². The molecule has 1 aromatic rings. The Balaban J connectivity index is 1.75. The molecule has 0 spiro atoms. The quantitative estimate of drug-likeness (QED) is 0.742. The molecule has 6 nitrogen and oxygen atoms in total. The van der Waals surface area contributed by atoms with Gasteiger partial charge in [0.1, 0.15) is 12.0 Å². The average molecular weight is 310 g/mol. The number of nitrogens with zero attached hydrogens (tertiary/aromatic N) is 4. The third-order valence-electron chi connectivity index (χ3n) is 4.72. The van der Waals surface area contributed by atoms with Crippen molar-refractivity contribution in [2.75, 3.05) is 25.1 Å². The molecule has 1 aromatic carbocycles. The molecule has 3 aliphatic heterocycles. The van der Waals surface area contributed by atoms with Crippen molar-refractivity contribution in [1.29, 1.82) is 0 Å². The van der Waals surface area contributed by atoms with Crippen molar-refractivity contribution in [1.82, 2.24) is 5.01 Å². The van der Waals surface area contributed by atoms with Crippen LogP contribution in [-0.4, -0.2) is 43.4 Å².